The van der Waals surface area contributed by atoms with Crippen molar-refractivity contribution in [3.8, 4) is 22.6 Å². The quantitative estimate of drug-likeness (QED) is 0.682. The van der Waals surface area contributed by atoms with Crippen LogP contribution >= 0.6 is 12.4 Å². The molecule has 1 fully saturated rings. The van der Waals surface area contributed by atoms with Crippen molar-refractivity contribution in [3.05, 3.63) is 42.5 Å². The first-order valence-corrected chi connectivity index (χ1v) is 11.0. The predicted octanol–water partition coefficient (Wildman–Crippen LogP) is 4.46. The van der Waals surface area contributed by atoms with Gasteiger partial charge in [0.05, 0.1) is 11.5 Å². The van der Waals surface area contributed by atoms with Crippen LogP contribution in [0.1, 0.15) is 12.8 Å². The molecule has 1 N–H and O–H groups in total. The molecule has 2 aromatic carbocycles. The van der Waals surface area contributed by atoms with E-state index in [4.69, 9.17) is 4.74 Å². The molecule has 2 aromatic rings. The Kier molecular flexibility index (Phi) is 8.01. The summed E-state index contributed by atoms with van der Waals surface area (Å²) in [6.45, 7) is 1.97. The Morgan fingerprint density at radius 2 is 1.70 bits per heavy atom. The summed E-state index contributed by atoms with van der Waals surface area (Å²) in [6, 6.07) is 10.3. The first kappa shape index (κ1) is 24.3. The maximum atomic E-state index is 12.8. The third kappa shape index (κ3) is 6.78. The van der Waals surface area contributed by atoms with Crippen molar-refractivity contribution < 1.29 is 31.1 Å². The molecule has 0 aromatic heterocycles. The van der Waals surface area contributed by atoms with E-state index in [1.807, 2.05) is 0 Å². The predicted molar refractivity (Wildman–Crippen MR) is 110 cm³/mol. The second-order valence-corrected chi connectivity index (χ2v) is 9.03. The van der Waals surface area contributed by atoms with E-state index in [1.165, 1.54) is 30.3 Å². The van der Waals surface area contributed by atoms with Crippen LogP contribution in [0.4, 0.5) is 13.2 Å². The highest BCUT2D eigenvalue weighted by molar-refractivity contribution is 7.90. The lowest BCUT2D eigenvalue weighted by Gasteiger charge is -2.23. The first-order valence-electron chi connectivity index (χ1n) is 9.15. The molecule has 30 heavy (non-hydrogen) atoms. The van der Waals surface area contributed by atoms with E-state index in [-0.39, 0.29) is 35.6 Å². The van der Waals surface area contributed by atoms with E-state index in [0.717, 1.165) is 32.2 Å². The van der Waals surface area contributed by atoms with Crippen molar-refractivity contribution in [2.45, 2.75) is 24.1 Å². The van der Waals surface area contributed by atoms with Gasteiger partial charge in [-0.2, -0.15) is 0 Å². The molecule has 0 atom stereocenters. The van der Waals surface area contributed by atoms with Crippen molar-refractivity contribution >= 4 is 22.2 Å². The number of ether oxygens (including phenoxy) is 2. The van der Waals surface area contributed by atoms with Gasteiger partial charge in [0, 0.05) is 6.26 Å². The third-order valence-electron chi connectivity index (χ3n) is 4.70. The minimum atomic E-state index is -4.84. The number of hydrogen-bond donors (Lipinski definition) is 1. The van der Waals surface area contributed by atoms with Gasteiger partial charge in [-0.1, -0.05) is 18.2 Å². The number of sulfone groups is 1. The van der Waals surface area contributed by atoms with Crippen LogP contribution in [-0.4, -0.2) is 40.7 Å². The Morgan fingerprint density at radius 1 is 1.03 bits per heavy atom. The smallest absolute Gasteiger partial charge is 0.489 e. The molecule has 1 saturated heterocycles. The van der Waals surface area contributed by atoms with Crippen molar-refractivity contribution in [1.82, 2.24) is 5.32 Å². The summed E-state index contributed by atoms with van der Waals surface area (Å²) in [4.78, 5) is 0.128. The molecule has 1 aliphatic heterocycles. The van der Waals surface area contributed by atoms with Crippen LogP contribution in [-0.2, 0) is 9.84 Å². The monoisotopic (exact) mass is 465 g/mol. The van der Waals surface area contributed by atoms with Gasteiger partial charge in [0.25, 0.3) is 0 Å². The molecule has 5 nitrogen and oxygen atoms in total. The molecular formula is C20H23ClF3NO4S. The van der Waals surface area contributed by atoms with Gasteiger partial charge in [-0.05, 0) is 67.2 Å². The molecule has 1 heterocycles. The summed E-state index contributed by atoms with van der Waals surface area (Å²) in [5.41, 5.74) is 1.09. The van der Waals surface area contributed by atoms with Gasteiger partial charge >= 0.3 is 6.36 Å². The molecule has 3 rings (SSSR count). The molecule has 1 aliphatic rings. The second-order valence-electron chi connectivity index (χ2n) is 7.01. The van der Waals surface area contributed by atoms with Crippen LogP contribution in [0.25, 0.3) is 11.1 Å². The van der Waals surface area contributed by atoms with E-state index in [0.29, 0.717) is 11.1 Å². The first-order chi connectivity index (χ1) is 13.6. The van der Waals surface area contributed by atoms with Crippen LogP contribution in [0, 0.1) is 5.92 Å². The van der Waals surface area contributed by atoms with Gasteiger partial charge < -0.3 is 14.8 Å². The minimum Gasteiger partial charge on any atom is -0.489 e. The van der Waals surface area contributed by atoms with Crippen LogP contribution in [0.3, 0.4) is 0 Å². The zero-order valence-electron chi connectivity index (χ0n) is 16.2. The lowest BCUT2D eigenvalue weighted by molar-refractivity contribution is -0.275. The molecule has 0 amide bonds. The number of piperidine rings is 1. The number of alkyl halides is 3. The Hall–Kier alpha value is -1.97. The van der Waals surface area contributed by atoms with Gasteiger partial charge in [-0.15, -0.1) is 25.6 Å². The van der Waals surface area contributed by atoms with E-state index in [1.54, 1.807) is 12.1 Å². The summed E-state index contributed by atoms with van der Waals surface area (Å²) in [6.07, 6.45) is -1.98. The lowest BCUT2D eigenvalue weighted by atomic mass is 9.99. The highest BCUT2D eigenvalue weighted by Crippen LogP contribution is 2.37. The highest BCUT2D eigenvalue weighted by atomic mass is 35.5. The average molecular weight is 466 g/mol. The molecule has 0 saturated carbocycles. The van der Waals surface area contributed by atoms with Crippen molar-refractivity contribution in [2.75, 3.05) is 26.0 Å². The van der Waals surface area contributed by atoms with E-state index >= 15 is 0 Å². The highest BCUT2D eigenvalue weighted by Gasteiger charge is 2.32. The van der Waals surface area contributed by atoms with Gasteiger partial charge in [0.1, 0.15) is 0 Å². The largest absolute Gasteiger partial charge is 0.573 e. The van der Waals surface area contributed by atoms with Crippen LogP contribution in [0.2, 0.25) is 0 Å². The zero-order chi connectivity index (χ0) is 21.1. The van der Waals surface area contributed by atoms with Crippen molar-refractivity contribution in [2.24, 2.45) is 5.92 Å². The summed E-state index contributed by atoms with van der Waals surface area (Å²) >= 11 is 0. The summed E-state index contributed by atoms with van der Waals surface area (Å²) in [5, 5.41) is 3.23. The summed E-state index contributed by atoms with van der Waals surface area (Å²) in [7, 11) is -3.41. The van der Waals surface area contributed by atoms with Crippen molar-refractivity contribution in [3.63, 3.8) is 0 Å². The molecule has 0 aliphatic carbocycles. The number of halogens is 4. The topological polar surface area (TPSA) is 64.6 Å². The second kappa shape index (κ2) is 9.89. The third-order valence-corrected chi connectivity index (χ3v) is 5.81. The molecule has 0 unspecified atom stereocenters. The molecule has 0 bridgehead atoms. The Bertz CT molecular complexity index is 961. The maximum Gasteiger partial charge on any atom is 0.573 e. The maximum absolute atomic E-state index is 12.8. The molecule has 166 valence electrons. The molecule has 0 radical (unpaired) electrons. The fraction of sp³-hybridized carbons (Fsp3) is 0.400. The number of benzene rings is 2. The molecule has 0 spiro atoms. The zero-order valence-corrected chi connectivity index (χ0v) is 17.9. The summed E-state index contributed by atoms with van der Waals surface area (Å²) in [5.74, 6) is -0.204. The number of hydrogen-bond acceptors (Lipinski definition) is 5. The van der Waals surface area contributed by atoms with Crippen LogP contribution in [0.5, 0.6) is 11.5 Å². The Balaban J connectivity index is 0.00000320. The molecule has 10 heteroatoms. The van der Waals surface area contributed by atoms with Gasteiger partial charge in [-0.3, -0.25) is 0 Å². The van der Waals surface area contributed by atoms with Crippen LogP contribution in [0.15, 0.2) is 47.4 Å². The fourth-order valence-corrected chi connectivity index (χ4v) is 3.84. The Morgan fingerprint density at radius 3 is 2.33 bits per heavy atom. The standard InChI is InChI=1S/C20H22F3NO4S.ClH/c1-29(25,26)17-4-2-3-15(11-17)16-5-6-18(28-20(21,22)23)19(12-16)27-13-14-7-9-24-10-8-14;/h2-6,11-12,14,24H,7-10,13H2,1H3;1H. The van der Waals surface area contributed by atoms with E-state index in [2.05, 4.69) is 10.1 Å². The number of rotatable bonds is 6. The normalized spacial score (nSPS) is 15.3. The minimum absolute atomic E-state index is 0. The van der Waals surface area contributed by atoms with Gasteiger partial charge in [0.15, 0.2) is 21.3 Å². The SMILES string of the molecule is CS(=O)(=O)c1cccc(-c2ccc(OC(F)(F)F)c(OCC3CCNCC3)c2)c1.Cl. The number of nitrogens with one attached hydrogen (secondary N) is 1. The van der Waals surface area contributed by atoms with Gasteiger partial charge in [0.2, 0.25) is 0 Å². The van der Waals surface area contributed by atoms with Gasteiger partial charge in [-0.25, -0.2) is 8.42 Å². The lowest BCUT2D eigenvalue weighted by Crippen LogP contribution is -2.30. The Labute approximate surface area is 179 Å². The van der Waals surface area contributed by atoms with Crippen LogP contribution < -0.4 is 14.8 Å². The fourth-order valence-electron chi connectivity index (χ4n) is 3.17. The van der Waals surface area contributed by atoms with E-state index < -0.39 is 21.9 Å². The molecular weight excluding hydrogens is 443 g/mol. The van der Waals surface area contributed by atoms with E-state index in [9.17, 15) is 21.6 Å². The summed E-state index contributed by atoms with van der Waals surface area (Å²) < 4.78 is 71.7. The average Bonchev–Trinajstić information content (AvgIpc) is 2.66. The van der Waals surface area contributed by atoms with Crippen molar-refractivity contribution in [1.29, 1.82) is 0 Å².